The molecule has 0 radical (unpaired) electrons. The summed E-state index contributed by atoms with van der Waals surface area (Å²) in [6, 6.07) is 9.93. The second-order valence-corrected chi connectivity index (χ2v) is 9.39. The van der Waals surface area contributed by atoms with Gasteiger partial charge >= 0.3 is 10.2 Å². The van der Waals surface area contributed by atoms with E-state index in [1.807, 2.05) is 31.3 Å². The number of aldehydes is 1. The number of nitrogens with one attached hydrogen (secondary N) is 2. The fourth-order valence-electron chi connectivity index (χ4n) is 2.44. The lowest BCUT2D eigenvalue weighted by atomic mass is 10.2. The van der Waals surface area contributed by atoms with E-state index >= 15 is 0 Å². The molecule has 204 valence electrons. The van der Waals surface area contributed by atoms with Crippen molar-refractivity contribution in [2.75, 3.05) is 37.5 Å². The van der Waals surface area contributed by atoms with Crippen molar-refractivity contribution in [2.24, 2.45) is 5.73 Å². The maximum atomic E-state index is 12.8. The SMILES string of the molecule is CC(OCCN(C=O)c1cccc(S(F)(F)(F)(F)F)c1)C(O)C=O.CN.CNc1ccc(C=N)cc1. The molecule has 0 saturated carbocycles. The summed E-state index contributed by atoms with van der Waals surface area (Å²) >= 11 is 0. The van der Waals surface area contributed by atoms with Gasteiger partial charge in [-0.2, -0.15) is 0 Å². The standard InChI is InChI=1S/C13H16F5NO4S.C8H10N2.CH5N/c1-10(13(22)8-20)23-6-5-19(9-21)11-3-2-4-12(7-11)24(14,15,16,17)18;1-10-8-4-2-7(6-9)3-5-8;1-2/h2-4,7-10,13,22H,5-6H2,1H3;2-6,9-10H,1H3;2H2,1H3. The molecule has 0 aliphatic carbocycles. The molecule has 0 aliphatic heterocycles. The number of halogens is 5. The lowest BCUT2D eigenvalue weighted by Gasteiger charge is -2.40. The number of anilines is 2. The molecule has 0 aromatic heterocycles. The van der Waals surface area contributed by atoms with Crippen molar-refractivity contribution in [3.63, 3.8) is 0 Å². The van der Waals surface area contributed by atoms with Crippen molar-refractivity contribution in [1.29, 1.82) is 5.41 Å². The summed E-state index contributed by atoms with van der Waals surface area (Å²) < 4.78 is 69.0. The minimum absolute atomic E-state index is 0.161. The molecular weight excluding hydrogens is 511 g/mol. The average molecular weight is 543 g/mol. The molecule has 0 bridgehead atoms. The van der Waals surface area contributed by atoms with Crippen molar-refractivity contribution in [2.45, 2.75) is 24.0 Å². The van der Waals surface area contributed by atoms with Gasteiger partial charge in [0.05, 0.1) is 12.7 Å². The van der Waals surface area contributed by atoms with Gasteiger partial charge in [0.1, 0.15) is 11.0 Å². The van der Waals surface area contributed by atoms with Crippen LogP contribution < -0.4 is 16.0 Å². The Balaban J connectivity index is 0.000000845. The number of carbonyl (C=O) groups excluding carboxylic acids is 2. The Labute approximate surface area is 206 Å². The molecule has 2 aromatic carbocycles. The molecule has 2 unspecified atom stereocenters. The molecule has 0 aliphatic rings. The highest BCUT2D eigenvalue weighted by molar-refractivity contribution is 8.45. The van der Waals surface area contributed by atoms with Crippen molar-refractivity contribution in [1.82, 2.24) is 0 Å². The minimum Gasteiger partial charge on any atom is -0.388 e. The van der Waals surface area contributed by atoms with Crippen LogP contribution in [0.15, 0.2) is 53.4 Å². The Bertz CT molecular complexity index is 979. The first-order chi connectivity index (χ1) is 16.6. The summed E-state index contributed by atoms with van der Waals surface area (Å²) in [5, 5.41) is 19.1. The number of nitrogens with two attached hydrogens (primary N) is 1. The topological polar surface area (TPSA) is 129 Å². The highest BCUT2D eigenvalue weighted by Crippen LogP contribution is 3.02. The molecule has 8 nitrogen and oxygen atoms in total. The van der Waals surface area contributed by atoms with Crippen LogP contribution in [0.3, 0.4) is 0 Å². The van der Waals surface area contributed by atoms with E-state index in [-0.39, 0.29) is 43.7 Å². The number of rotatable bonds is 11. The predicted octanol–water partition coefficient (Wildman–Crippen LogP) is 4.57. The third-order valence-corrected chi connectivity index (χ3v) is 5.57. The van der Waals surface area contributed by atoms with Gasteiger partial charge in [-0.05, 0) is 49.9 Å². The number of aliphatic hydroxyl groups excluding tert-OH is 1. The zero-order valence-corrected chi connectivity index (χ0v) is 20.7. The van der Waals surface area contributed by atoms with Gasteiger partial charge in [0.25, 0.3) is 0 Å². The molecule has 0 fully saturated rings. The first-order valence-electron chi connectivity index (χ1n) is 10.3. The largest absolute Gasteiger partial charge is 0.388 e. The molecule has 36 heavy (non-hydrogen) atoms. The summed E-state index contributed by atoms with van der Waals surface area (Å²) in [6.07, 6.45) is -0.563. The highest BCUT2D eigenvalue weighted by atomic mass is 32.5. The second-order valence-electron chi connectivity index (χ2n) is 6.98. The van der Waals surface area contributed by atoms with Gasteiger partial charge in [-0.15, -0.1) is 0 Å². The Kier molecular flexibility index (Phi) is 12.2. The van der Waals surface area contributed by atoms with E-state index in [0.717, 1.165) is 28.3 Å². The smallest absolute Gasteiger partial charge is 0.310 e. The van der Waals surface area contributed by atoms with E-state index in [1.54, 1.807) is 0 Å². The van der Waals surface area contributed by atoms with Crippen molar-refractivity contribution in [3.05, 3.63) is 54.1 Å². The first kappa shape index (κ1) is 32.9. The predicted molar refractivity (Wildman–Crippen MR) is 133 cm³/mol. The van der Waals surface area contributed by atoms with Crippen LogP contribution in [0.25, 0.3) is 0 Å². The Morgan fingerprint density at radius 3 is 2.14 bits per heavy atom. The third-order valence-electron chi connectivity index (χ3n) is 4.42. The van der Waals surface area contributed by atoms with E-state index in [4.69, 9.17) is 15.3 Å². The summed E-state index contributed by atoms with van der Waals surface area (Å²) in [6.45, 7) is 0.883. The van der Waals surface area contributed by atoms with E-state index in [0.29, 0.717) is 0 Å². The Morgan fingerprint density at radius 1 is 1.11 bits per heavy atom. The summed E-state index contributed by atoms with van der Waals surface area (Å²) in [4.78, 5) is 20.0. The van der Waals surface area contributed by atoms with Gasteiger partial charge in [0.15, 0.2) is 6.29 Å². The van der Waals surface area contributed by atoms with Gasteiger partial charge in [-0.1, -0.05) is 37.6 Å². The lowest BCUT2D eigenvalue weighted by Crippen LogP contribution is -2.32. The molecule has 2 rings (SSSR count). The highest BCUT2D eigenvalue weighted by Gasteiger charge is 2.65. The zero-order chi connectivity index (χ0) is 28.1. The third kappa shape index (κ3) is 11.6. The van der Waals surface area contributed by atoms with Crippen molar-refractivity contribution in [3.8, 4) is 0 Å². The van der Waals surface area contributed by atoms with E-state index in [2.05, 4.69) is 11.1 Å². The Hall–Kier alpha value is -3.07. The van der Waals surface area contributed by atoms with Crippen LogP contribution in [0.2, 0.25) is 0 Å². The second kappa shape index (κ2) is 13.3. The fraction of sp³-hybridized carbons (Fsp3) is 0.318. The molecule has 0 heterocycles. The molecule has 1 amide bonds. The van der Waals surface area contributed by atoms with Crippen molar-refractivity contribution >= 4 is 40.5 Å². The van der Waals surface area contributed by atoms with Gasteiger partial charge in [-0.3, -0.25) is 4.79 Å². The molecule has 0 spiro atoms. The number of hydrogen-bond acceptors (Lipinski definition) is 7. The normalized spacial score (nSPS) is 14.2. The number of nitrogens with zero attached hydrogens (tertiary/aromatic N) is 1. The maximum Gasteiger partial charge on any atom is 0.310 e. The van der Waals surface area contributed by atoms with Gasteiger partial charge in [-0.25, -0.2) is 0 Å². The molecule has 2 aromatic rings. The van der Waals surface area contributed by atoms with Crippen molar-refractivity contribution < 1.29 is 38.9 Å². The number of hydrogen-bond donors (Lipinski definition) is 4. The summed E-state index contributed by atoms with van der Waals surface area (Å²) in [7, 11) is -6.47. The average Bonchev–Trinajstić information content (AvgIpc) is 2.86. The molecule has 5 N–H and O–H groups in total. The quantitative estimate of drug-likeness (QED) is 0.187. The van der Waals surface area contributed by atoms with Crippen LogP contribution in [-0.4, -0.2) is 63.5 Å². The summed E-state index contributed by atoms with van der Waals surface area (Å²) in [5.74, 6) is 0. The van der Waals surface area contributed by atoms with Crippen LogP contribution in [0.1, 0.15) is 12.5 Å². The maximum absolute atomic E-state index is 12.8. The lowest BCUT2D eigenvalue weighted by molar-refractivity contribution is -0.122. The van der Waals surface area contributed by atoms with E-state index in [9.17, 15) is 29.0 Å². The number of benzene rings is 2. The summed E-state index contributed by atoms with van der Waals surface area (Å²) in [5.41, 5.74) is 6.12. The number of amides is 1. The van der Waals surface area contributed by atoms with Gasteiger partial charge in [0.2, 0.25) is 6.41 Å². The molecule has 2 atom stereocenters. The Morgan fingerprint density at radius 2 is 1.69 bits per heavy atom. The number of carbonyl (C=O) groups is 2. The number of aliphatic hydroxyl groups is 1. The van der Waals surface area contributed by atoms with Crippen LogP contribution in [0.4, 0.5) is 30.8 Å². The molecule has 0 saturated heterocycles. The zero-order valence-electron chi connectivity index (χ0n) is 19.9. The molecular formula is C22H31F5N4O4S. The first-order valence-corrected chi connectivity index (χ1v) is 12.3. The van der Waals surface area contributed by atoms with E-state index < -0.39 is 27.3 Å². The van der Waals surface area contributed by atoms with Crippen LogP contribution in [-0.2, 0) is 14.3 Å². The van der Waals surface area contributed by atoms with Crippen LogP contribution in [0.5, 0.6) is 0 Å². The fourth-order valence-corrected chi connectivity index (χ4v) is 3.12. The van der Waals surface area contributed by atoms with Gasteiger partial charge in [0, 0.05) is 31.2 Å². The molecule has 14 heteroatoms. The number of ether oxygens (including phenoxy) is 1. The van der Waals surface area contributed by atoms with E-state index in [1.165, 1.54) is 20.2 Å². The van der Waals surface area contributed by atoms with Gasteiger partial charge < -0.3 is 36.0 Å². The monoisotopic (exact) mass is 542 g/mol. The van der Waals surface area contributed by atoms with Crippen LogP contribution in [0, 0.1) is 5.41 Å². The minimum atomic E-state index is -9.85. The van der Waals surface area contributed by atoms with Crippen LogP contribution >= 0.6 is 10.2 Å².